The number of aromatic amines is 1. The second kappa shape index (κ2) is 3.76. The summed E-state index contributed by atoms with van der Waals surface area (Å²) < 4.78 is 1.61. The molecule has 1 aromatic heterocycles. The number of aromatic nitrogens is 1. The first kappa shape index (κ1) is 10.9. The zero-order chi connectivity index (χ0) is 11.2. The molecule has 0 aliphatic rings. The summed E-state index contributed by atoms with van der Waals surface area (Å²) in [6.07, 6.45) is 0. The molecular formula is C11H9Br2NO. The molecule has 4 heteroatoms. The van der Waals surface area contributed by atoms with E-state index in [4.69, 9.17) is 0 Å². The lowest BCUT2D eigenvalue weighted by atomic mass is 10.1. The van der Waals surface area contributed by atoms with Crippen molar-refractivity contribution in [2.24, 2.45) is 0 Å². The van der Waals surface area contributed by atoms with Crippen molar-refractivity contribution in [2.75, 3.05) is 0 Å². The number of halogens is 2. The summed E-state index contributed by atoms with van der Waals surface area (Å²) in [4.78, 5) is 15.2. The van der Waals surface area contributed by atoms with Gasteiger partial charge in [0.25, 0.3) is 0 Å². The van der Waals surface area contributed by atoms with Gasteiger partial charge in [-0.3, -0.25) is 4.79 Å². The van der Waals surface area contributed by atoms with Crippen LogP contribution >= 0.6 is 31.9 Å². The van der Waals surface area contributed by atoms with Crippen LogP contribution in [0, 0.1) is 13.8 Å². The Morgan fingerprint density at radius 1 is 1.20 bits per heavy atom. The van der Waals surface area contributed by atoms with Crippen LogP contribution < -0.4 is 5.43 Å². The number of aryl methyl sites for hydroxylation is 2. The molecule has 0 aliphatic carbocycles. The second-order valence-electron chi connectivity index (χ2n) is 3.49. The Balaban J connectivity index is 3.06. The van der Waals surface area contributed by atoms with E-state index in [9.17, 15) is 4.79 Å². The van der Waals surface area contributed by atoms with Gasteiger partial charge in [-0.05, 0) is 47.5 Å². The number of nitrogens with one attached hydrogen (secondary N) is 1. The quantitative estimate of drug-likeness (QED) is 0.785. The Kier molecular flexibility index (Phi) is 2.73. The standard InChI is InChI=1S/C11H9Br2NO/c1-5-8(12)4-3-7-10(5)14-6(2)9(13)11(7)15/h3-4H,1-2H3,(H,14,15). The van der Waals surface area contributed by atoms with Crippen LogP contribution in [0.2, 0.25) is 0 Å². The molecule has 2 rings (SSSR count). The summed E-state index contributed by atoms with van der Waals surface area (Å²) >= 11 is 6.74. The second-order valence-corrected chi connectivity index (χ2v) is 5.14. The van der Waals surface area contributed by atoms with Gasteiger partial charge in [-0.15, -0.1) is 0 Å². The van der Waals surface area contributed by atoms with Gasteiger partial charge in [-0.1, -0.05) is 15.9 Å². The average molecular weight is 331 g/mol. The zero-order valence-electron chi connectivity index (χ0n) is 8.32. The molecule has 1 aromatic carbocycles. The van der Waals surface area contributed by atoms with Crippen molar-refractivity contribution >= 4 is 42.8 Å². The highest BCUT2D eigenvalue weighted by Gasteiger charge is 2.09. The molecule has 0 amide bonds. The van der Waals surface area contributed by atoms with Gasteiger partial charge < -0.3 is 4.98 Å². The Bertz CT molecular complexity index is 602. The molecule has 0 saturated carbocycles. The van der Waals surface area contributed by atoms with Crippen LogP contribution in [0.1, 0.15) is 11.3 Å². The monoisotopic (exact) mass is 329 g/mol. The topological polar surface area (TPSA) is 32.9 Å². The predicted molar refractivity (Wildman–Crippen MR) is 69.4 cm³/mol. The molecule has 0 radical (unpaired) electrons. The van der Waals surface area contributed by atoms with E-state index in [-0.39, 0.29) is 5.43 Å². The molecule has 1 N–H and O–H groups in total. The van der Waals surface area contributed by atoms with Gasteiger partial charge in [0.15, 0.2) is 0 Å². The largest absolute Gasteiger partial charge is 0.357 e. The first-order valence-electron chi connectivity index (χ1n) is 4.49. The SMILES string of the molecule is Cc1[nH]c2c(C)c(Br)ccc2c(=O)c1Br. The van der Waals surface area contributed by atoms with E-state index < -0.39 is 0 Å². The van der Waals surface area contributed by atoms with Crippen LogP contribution in [0.15, 0.2) is 25.9 Å². The number of rotatable bonds is 0. The number of H-pyrrole nitrogens is 1. The molecule has 2 nitrogen and oxygen atoms in total. The van der Waals surface area contributed by atoms with Crippen molar-refractivity contribution in [3.63, 3.8) is 0 Å². The maximum atomic E-state index is 11.9. The van der Waals surface area contributed by atoms with Crippen molar-refractivity contribution in [1.82, 2.24) is 4.98 Å². The fourth-order valence-corrected chi connectivity index (χ4v) is 2.21. The Hall–Kier alpha value is -0.610. The van der Waals surface area contributed by atoms with Crippen LogP contribution in [0.4, 0.5) is 0 Å². The smallest absolute Gasteiger partial charge is 0.203 e. The van der Waals surface area contributed by atoms with Gasteiger partial charge in [0, 0.05) is 15.6 Å². The van der Waals surface area contributed by atoms with Gasteiger partial charge in [0.2, 0.25) is 5.43 Å². The lowest BCUT2D eigenvalue weighted by Gasteiger charge is -2.07. The van der Waals surface area contributed by atoms with Gasteiger partial charge in [-0.25, -0.2) is 0 Å². The minimum Gasteiger partial charge on any atom is -0.357 e. The minimum absolute atomic E-state index is 0.0388. The van der Waals surface area contributed by atoms with E-state index in [1.807, 2.05) is 26.0 Å². The molecule has 15 heavy (non-hydrogen) atoms. The summed E-state index contributed by atoms with van der Waals surface area (Å²) in [6, 6.07) is 3.73. The highest BCUT2D eigenvalue weighted by molar-refractivity contribution is 9.10. The highest BCUT2D eigenvalue weighted by atomic mass is 79.9. The van der Waals surface area contributed by atoms with Crippen LogP contribution in [0.25, 0.3) is 10.9 Å². The van der Waals surface area contributed by atoms with Crippen molar-refractivity contribution in [2.45, 2.75) is 13.8 Å². The third-order valence-corrected chi connectivity index (χ3v) is 4.30. The third-order valence-electron chi connectivity index (χ3n) is 2.48. The average Bonchev–Trinajstić information content (AvgIpc) is 2.21. The molecule has 0 bridgehead atoms. The predicted octanol–water partition coefficient (Wildman–Crippen LogP) is 3.67. The fraction of sp³-hybridized carbons (Fsp3) is 0.182. The third kappa shape index (κ3) is 1.66. The van der Waals surface area contributed by atoms with Crippen LogP contribution in [-0.4, -0.2) is 4.98 Å². The fourth-order valence-electron chi connectivity index (χ4n) is 1.57. The molecule has 0 fully saturated rings. The van der Waals surface area contributed by atoms with Gasteiger partial charge in [0.05, 0.1) is 9.99 Å². The van der Waals surface area contributed by atoms with Crippen LogP contribution in [-0.2, 0) is 0 Å². The lowest BCUT2D eigenvalue weighted by Crippen LogP contribution is -2.07. The molecule has 2 aromatic rings. The summed E-state index contributed by atoms with van der Waals surface area (Å²) in [5.41, 5.74) is 2.85. The van der Waals surface area contributed by atoms with Gasteiger partial charge in [-0.2, -0.15) is 0 Å². The molecule has 1 heterocycles. The number of benzene rings is 1. The number of pyridine rings is 1. The molecule has 0 unspecified atom stereocenters. The first-order chi connectivity index (χ1) is 7.02. The van der Waals surface area contributed by atoms with Gasteiger partial charge in [0.1, 0.15) is 0 Å². The molecule has 0 aliphatic heterocycles. The molecule has 0 spiro atoms. The van der Waals surface area contributed by atoms with E-state index >= 15 is 0 Å². The summed E-state index contributed by atoms with van der Waals surface area (Å²) in [5, 5.41) is 0.716. The van der Waals surface area contributed by atoms with Crippen molar-refractivity contribution in [3.8, 4) is 0 Å². The minimum atomic E-state index is 0.0388. The lowest BCUT2D eigenvalue weighted by molar-refractivity contribution is 1.20. The molecule has 0 atom stereocenters. The van der Waals surface area contributed by atoms with Crippen molar-refractivity contribution in [3.05, 3.63) is 42.6 Å². The van der Waals surface area contributed by atoms with Crippen LogP contribution in [0.5, 0.6) is 0 Å². The van der Waals surface area contributed by atoms with Crippen molar-refractivity contribution in [1.29, 1.82) is 0 Å². The normalized spacial score (nSPS) is 10.9. The number of hydrogen-bond donors (Lipinski definition) is 1. The van der Waals surface area contributed by atoms with Crippen molar-refractivity contribution < 1.29 is 0 Å². The van der Waals surface area contributed by atoms with Gasteiger partial charge >= 0.3 is 0 Å². The summed E-state index contributed by atoms with van der Waals surface area (Å²) in [7, 11) is 0. The van der Waals surface area contributed by atoms with E-state index in [2.05, 4.69) is 36.8 Å². The number of hydrogen-bond acceptors (Lipinski definition) is 1. The van der Waals surface area contributed by atoms with E-state index in [0.29, 0.717) is 9.86 Å². The Labute approximate surface area is 104 Å². The Morgan fingerprint density at radius 2 is 1.87 bits per heavy atom. The zero-order valence-corrected chi connectivity index (χ0v) is 11.5. The summed E-state index contributed by atoms with van der Waals surface area (Å²) in [5.74, 6) is 0. The Morgan fingerprint density at radius 3 is 2.53 bits per heavy atom. The maximum Gasteiger partial charge on any atom is 0.203 e. The molecular weight excluding hydrogens is 322 g/mol. The highest BCUT2D eigenvalue weighted by Crippen LogP contribution is 2.24. The maximum absolute atomic E-state index is 11.9. The van der Waals surface area contributed by atoms with Crippen LogP contribution in [0.3, 0.4) is 0 Å². The molecule has 78 valence electrons. The molecule has 0 saturated heterocycles. The first-order valence-corrected chi connectivity index (χ1v) is 6.08. The van der Waals surface area contributed by atoms with E-state index in [1.165, 1.54) is 0 Å². The number of fused-ring (bicyclic) bond motifs is 1. The van der Waals surface area contributed by atoms with E-state index in [0.717, 1.165) is 21.2 Å². The van der Waals surface area contributed by atoms with E-state index in [1.54, 1.807) is 0 Å². The summed E-state index contributed by atoms with van der Waals surface area (Å²) in [6.45, 7) is 3.86.